The van der Waals surface area contributed by atoms with Crippen molar-refractivity contribution in [2.75, 3.05) is 25.4 Å². The molecule has 2 aromatic rings. The first-order valence-corrected chi connectivity index (χ1v) is 12.0. The van der Waals surface area contributed by atoms with Crippen LogP contribution >= 0.6 is 0 Å². The van der Waals surface area contributed by atoms with Crippen molar-refractivity contribution < 1.29 is 17.9 Å². The molecule has 2 saturated carbocycles. The minimum atomic E-state index is -4.54. The highest BCUT2D eigenvalue weighted by Gasteiger charge is 2.61. The van der Waals surface area contributed by atoms with Gasteiger partial charge in [-0.15, -0.1) is 0 Å². The molecular weight excluding hydrogens is 431 g/mol. The van der Waals surface area contributed by atoms with Gasteiger partial charge in [0.2, 0.25) is 0 Å². The van der Waals surface area contributed by atoms with Crippen LogP contribution in [-0.2, 0) is 10.9 Å². The molecule has 33 heavy (non-hydrogen) atoms. The smallest absolute Gasteiger partial charge is 0.383 e. The normalized spacial score (nSPS) is 30.7. The number of hydrogen-bond acceptors (Lipinski definition) is 5. The second-order valence-corrected chi connectivity index (χ2v) is 10.7. The molecule has 4 aliphatic rings. The van der Waals surface area contributed by atoms with E-state index in [0.29, 0.717) is 35.1 Å². The van der Waals surface area contributed by atoms with Gasteiger partial charge in [0.1, 0.15) is 5.82 Å². The molecule has 0 bridgehead atoms. The summed E-state index contributed by atoms with van der Waals surface area (Å²) in [5.74, 6) is 1.20. The number of anilines is 1. The maximum absolute atomic E-state index is 13.3. The average Bonchev–Trinajstić information content (AvgIpc) is 3.22. The van der Waals surface area contributed by atoms with Crippen LogP contribution in [0.25, 0.3) is 11.3 Å². The minimum absolute atomic E-state index is 0.129. The van der Waals surface area contributed by atoms with Crippen LogP contribution in [0, 0.1) is 11.8 Å². The lowest BCUT2D eigenvalue weighted by Gasteiger charge is -2.50. The molecule has 2 aliphatic heterocycles. The Morgan fingerprint density at radius 3 is 2.52 bits per heavy atom. The number of likely N-dealkylation sites (tertiary alicyclic amines) is 1. The van der Waals surface area contributed by atoms with Crippen LogP contribution in [0.2, 0.25) is 0 Å². The first-order valence-electron chi connectivity index (χ1n) is 12.0. The highest BCUT2D eigenvalue weighted by Crippen LogP contribution is 2.64. The van der Waals surface area contributed by atoms with Crippen molar-refractivity contribution in [3.8, 4) is 11.3 Å². The van der Waals surface area contributed by atoms with Crippen LogP contribution in [0.15, 0.2) is 18.3 Å². The van der Waals surface area contributed by atoms with E-state index < -0.39 is 17.6 Å². The highest BCUT2D eigenvalue weighted by molar-refractivity contribution is 5.63. The van der Waals surface area contributed by atoms with Gasteiger partial charge in [0.05, 0.1) is 16.9 Å². The number of hydrogen-bond donors (Lipinski definition) is 1. The molecule has 178 valence electrons. The molecule has 9 heteroatoms. The molecule has 4 fully saturated rings. The Balaban J connectivity index is 1.20. The molecule has 6 rings (SSSR count). The fraction of sp³-hybridized carbons (Fsp3) is 0.667. The summed E-state index contributed by atoms with van der Waals surface area (Å²) in [5, 5.41) is 4.69. The predicted octanol–water partition coefficient (Wildman–Crippen LogP) is 4.48. The third kappa shape index (κ3) is 3.46. The SMILES string of the molecule is CC(C)n1nc(-c2cnc(N)c(C(F)(F)F)c2)cc1[C@H]1[C@@H]2C[C@@H](N3CC4(CCCO4)C3)C[C@@H]21. The average molecular weight is 462 g/mol. The van der Waals surface area contributed by atoms with E-state index in [2.05, 4.69) is 23.7 Å². The summed E-state index contributed by atoms with van der Waals surface area (Å²) in [5.41, 5.74) is 6.72. The summed E-state index contributed by atoms with van der Waals surface area (Å²) in [4.78, 5) is 6.39. The van der Waals surface area contributed by atoms with Crippen LogP contribution in [-0.4, -0.2) is 51.0 Å². The zero-order valence-corrected chi connectivity index (χ0v) is 19.0. The Labute approximate surface area is 191 Å². The summed E-state index contributed by atoms with van der Waals surface area (Å²) in [6.45, 7) is 7.17. The molecule has 6 nitrogen and oxygen atoms in total. The maximum atomic E-state index is 13.3. The topological polar surface area (TPSA) is 69.2 Å². The van der Waals surface area contributed by atoms with Gasteiger partial charge < -0.3 is 10.5 Å². The number of rotatable bonds is 4. The Morgan fingerprint density at radius 2 is 1.91 bits per heavy atom. The Kier molecular flexibility index (Phi) is 4.66. The largest absolute Gasteiger partial charge is 0.419 e. The minimum Gasteiger partial charge on any atom is -0.383 e. The number of pyridine rings is 1. The van der Waals surface area contributed by atoms with Gasteiger partial charge in [-0.2, -0.15) is 18.3 Å². The van der Waals surface area contributed by atoms with Gasteiger partial charge in [0.15, 0.2) is 0 Å². The predicted molar refractivity (Wildman–Crippen MR) is 117 cm³/mol. The number of halogens is 3. The molecule has 0 aromatic carbocycles. The lowest BCUT2D eigenvalue weighted by atomic mass is 9.88. The van der Waals surface area contributed by atoms with Gasteiger partial charge in [-0.05, 0) is 63.5 Å². The summed E-state index contributed by atoms with van der Waals surface area (Å²) in [7, 11) is 0. The van der Waals surface area contributed by atoms with Crippen molar-refractivity contribution in [1.29, 1.82) is 0 Å². The van der Waals surface area contributed by atoms with Gasteiger partial charge >= 0.3 is 6.18 Å². The van der Waals surface area contributed by atoms with Crippen molar-refractivity contribution in [3.05, 3.63) is 29.6 Å². The summed E-state index contributed by atoms with van der Waals surface area (Å²) < 4.78 is 47.9. The van der Waals surface area contributed by atoms with E-state index in [1.165, 1.54) is 31.9 Å². The molecule has 2 N–H and O–H groups in total. The number of aromatic nitrogens is 3. The molecule has 0 unspecified atom stereocenters. The van der Waals surface area contributed by atoms with Gasteiger partial charge in [-0.3, -0.25) is 9.58 Å². The lowest BCUT2D eigenvalue weighted by Crippen LogP contribution is -2.64. The van der Waals surface area contributed by atoms with Crippen molar-refractivity contribution in [1.82, 2.24) is 19.7 Å². The Morgan fingerprint density at radius 1 is 1.18 bits per heavy atom. The van der Waals surface area contributed by atoms with Crippen LogP contribution in [0.1, 0.15) is 62.7 Å². The zero-order chi connectivity index (χ0) is 23.1. The lowest BCUT2D eigenvalue weighted by molar-refractivity contribution is -0.137. The Hall–Kier alpha value is -2.13. The van der Waals surface area contributed by atoms with E-state index in [9.17, 15) is 13.2 Å². The molecule has 4 heterocycles. The zero-order valence-electron chi connectivity index (χ0n) is 19.0. The van der Waals surface area contributed by atoms with E-state index in [4.69, 9.17) is 15.6 Å². The number of fused-ring (bicyclic) bond motifs is 1. The second-order valence-electron chi connectivity index (χ2n) is 10.7. The van der Waals surface area contributed by atoms with Gasteiger partial charge in [-0.25, -0.2) is 4.98 Å². The van der Waals surface area contributed by atoms with Crippen molar-refractivity contribution >= 4 is 5.82 Å². The molecular formula is C24H30F3N5O. The fourth-order valence-corrected chi connectivity index (χ4v) is 6.56. The molecule has 2 aromatic heterocycles. The summed E-state index contributed by atoms with van der Waals surface area (Å²) in [6.07, 6.45) is 1.59. The molecule has 0 amide bonds. The summed E-state index contributed by atoms with van der Waals surface area (Å²) >= 11 is 0. The van der Waals surface area contributed by atoms with E-state index in [-0.39, 0.29) is 11.6 Å². The van der Waals surface area contributed by atoms with E-state index >= 15 is 0 Å². The maximum Gasteiger partial charge on any atom is 0.419 e. The monoisotopic (exact) mass is 461 g/mol. The Bertz CT molecular complexity index is 1050. The highest BCUT2D eigenvalue weighted by atomic mass is 19.4. The molecule has 1 spiro atoms. The number of nitrogens with zero attached hydrogens (tertiary/aromatic N) is 4. The van der Waals surface area contributed by atoms with E-state index in [1.807, 2.05) is 10.7 Å². The van der Waals surface area contributed by atoms with Crippen LogP contribution in [0.5, 0.6) is 0 Å². The number of nitrogen functional groups attached to an aromatic ring is 1. The van der Waals surface area contributed by atoms with Crippen molar-refractivity contribution in [2.45, 2.75) is 69.3 Å². The fourth-order valence-electron chi connectivity index (χ4n) is 6.56. The number of ether oxygens (including phenoxy) is 1. The van der Waals surface area contributed by atoms with Crippen LogP contribution in [0.4, 0.5) is 19.0 Å². The molecule has 2 aliphatic carbocycles. The van der Waals surface area contributed by atoms with Crippen LogP contribution in [0.3, 0.4) is 0 Å². The van der Waals surface area contributed by atoms with Crippen molar-refractivity contribution in [2.24, 2.45) is 11.8 Å². The standard InChI is InChI=1S/C24H30F3N5O/c1-13(2)32-20(9-19(30-32)14-6-18(24(25,26)27)22(28)29-10-14)21-16-7-15(8-17(16)21)31-11-23(12-31)4-3-5-33-23/h6,9-10,13,15-17,21H,3-5,7-8,11-12H2,1-2H3,(H2,28,29)/t15-,16-,17+,21+. The molecule has 4 atom stereocenters. The van der Waals surface area contributed by atoms with Crippen molar-refractivity contribution in [3.63, 3.8) is 0 Å². The van der Waals surface area contributed by atoms with Gasteiger partial charge in [0, 0.05) is 55.2 Å². The number of nitrogens with two attached hydrogens (primary N) is 1. The van der Waals surface area contributed by atoms with E-state index in [0.717, 1.165) is 31.5 Å². The first-order chi connectivity index (χ1) is 15.7. The quantitative estimate of drug-likeness (QED) is 0.727. The van der Waals surface area contributed by atoms with Gasteiger partial charge in [0.25, 0.3) is 0 Å². The summed E-state index contributed by atoms with van der Waals surface area (Å²) in [6, 6.07) is 3.80. The van der Waals surface area contributed by atoms with E-state index in [1.54, 1.807) is 0 Å². The molecule has 0 radical (unpaired) electrons. The second kappa shape index (κ2) is 7.18. The first kappa shape index (κ1) is 21.4. The third-order valence-corrected chi connectivity index (χ3v) is 8.22. The number of alkyl halides is 3. The molecule has 2 saturated heterocycles. The van der Waals surface area contributed by atoms with Gasteiger partial charge in [-0.1, -0.05) is 0 Å². The van der Waals surface area contributed by atoms with Crippen LogP contribution < -0.4 is 5.73 Å². The third-order valence-electron chi connectivity index (χ3n) is 8.22.